The molecule has 0 saturated carbocycles. The number of nitrogens with zero attached hydrogens (tertiary/aromatic N) is 2. The molecule has 1 aromatic rings. The highest BCUT2D eigenvalue weighted by molar-refractivity contribution is 6.24. The second kappa shape index (κ2) is 6.67. The summed E-state index contributed by atoms with van der Waals surface area (Å²) in [7, 11) is 0. The van der Waals surface area contributed by atoms with Crippen LogP contribution in [0.5, 0.6) is 0 Å². The second-order valence-corrected chi connectivity index (χ2v) is 6.60. The molecule has 2 amide bonds. The first kappa shape index (κ1) is 19.2. The number of carbonyl (C=O) groups is 1. The average Bonchev–Trinajstić information content (AvgIpc) is 2.67. The lowest BCUT2D eigenvalue weighted by atomic mass is 10.0. The van der Waals surface area contributed by atoms with Crippen molar-refractivity contribution in [1.29, 1.82) is 5.41 Å². The lowest BCUT2D eigenvalue weighted by Crippen LogP contribution is -2.44. The minimum atomic E-state index is -4.53. The van der Waals surface area contributed by atoms with Crippen molar-refractivity contribution in [3.63, 3.8) is 0 Å². The molecule has 0 aromatic heterocycles. The Labute approximate surface area is 144 Å². The number of halogens is 3. The van der Waals surface area contributed by atoms with Gasteiger partial charge >= 0.3 is 12.2 Å². The number of hydrogen-bond acceptors (Lipinski definition) is 3. The normalized spacial score (nSPS) is 17.6. The van der Waals surface area contributed by atoms with Crippen LogP contribution in [-0.2, 0) is 6.18 Å². The van der Waals surface area contributed by atoms with E-state index in [1.54, 1.807) is 13.8 Å². The van der Waals surface area contributed by atoms with Gasteiger partial charge in [0, 0.05) is 13.2 Å². The maximum Gasteiger partial charge on any atom is 0.416 e. The van der Waals surface area contributed by atoms with E-state index in [2.05, 4.69) is 0 Å². The number of nitrogens with one attached hydrogen (secondary N) is 1. The minimum Gasteiger partial charge on any atom is -0.396 e. The summed E-state index contributed by atoms with van der Waals surface area (Å²) in [5, 5.41) is 17.2. The molecule has 0 bridgehead atoms. The van der Waals surface area contributed by atoms with Crippen molar-refractivity contribution in [1.82, 2.24) is 4.90 Å². The van der Waals surface area contributed by atoms with Gasteiger partial charge in [0.1, 0.15) is 5.84 Å². The number of amidine groups is 1. The Hall–Kier alpha value is -2.09. The van der Waals surface area contributed by atoms with Gasteiger partial charge < -0.3 is 10.0 Å². The highest BCUT2D eigenvalue weighted by atomic mass is 19.4. The van der Waals surface area contributed by atoms with Crippen molar-refractivity contribution < 1.29 is 23.1 Å². The number of alkyl halides is 3. The molecule has 0 unspecified atom stereocenters. The van der Waals surface area contributed by atoms with Gasteiger partial charge in [-0.15, -0.1) is 0 Å². The van der Waals surface area contributed by atoms with Crippen molar-refractivity contribution in [2.45, 2.75) is 45.3 Å². The largest absolute Gasteiger partial charge is 0.416 e. The molecule has 138 valence electrons. The Bertz CT molecular complexity index is 686. The Morgan fingerprint density at radius 3 is 2.44 bits per heavy atom. The van der Waals surface area contributed by atoms with E-state index in [9.17, 15) is 18.0 Å². The highest BCUT2D eigenvalue weighted by Crippen LogP contribution is 2.37. The molecular formula is C17H22F3N3O2. The first-order chi connectivity index (χ1) is 11.5. The fourth-order valence-electron chi connectivity index (χ4n) is 2.91. The molecule has 0 atom stereocenters. The van der Waals surface area contributed by atoms with Crippen LogP contribution in [0.3, 0.4) is 0 Å². The third kappa shape index (κ3) is 3.49. The molecule has 2 rings (SSSR count). The summed E-state index contributed by atoms with van der Waals surface area (Å²) >= 11 is 0. The minimum absolute atomic E-state index is 0.00345. The number of carbonyl (C=O) groups excluding carboxylic acids is 1. The predicted molar refractivity (Wildman–Crippen MR) is 88.9 cm³/mol. The topological polar surface area (TPSA) is 67.6 Å². The maximum atomic E-state index is 13.2. The average molecular weight is 357 g/mol. The van der Waals surface area contributed by atoms with E-state index in [0.29, 0.717) is 19.4 Å². The number of aliphatic hydroxyl groups excluding tert-OH is 1. The molecule has 8 heteroatoms. The number of urea groups is 1. The molecule has 1 fully saturated rings. The molecule has 0 aliphatic carbocycles. The summed E-state index contributed by atoms with van der Waals surface area (Å²) in [5.41, 5.74) is -1.66. The van der Waals surface area contributed by atoms with E-state index >= 15 is 0 Å². The van der Waals surface area contributed by atoms with Crippen LogP contribution in [0, 0.1) is 12.3 Å². The van der Waals surface area contributed by atoms with Crippen LogP contribution in [0.4, 0.5) is 23.7 Å². The van der Waals surface area contributed by atoms with Crippen LogP contribution in [-0.4, -0.2) is 40.6 Å². The highest BCUT2D eigenvalue weighted by Gasteiger charge is 2.49. The Morgan fingerprint density at radius 2 is 1.88 bits per heavy atom. The zero-order valence-electron chi connectivity index (χ0n) is 14.4. The van der Waals surface area contributed by atoms with Crippen molar-refractivity contribution >= 4 is 17.6 Å². The predicted octanol–water partition coefficient (Wildman–Crippen LogP) is 3.78. The number of unbranched alkanes of at least 4 members (excludes halogenated alkanes) is 1. The molecule has 1 heterocycles. The first-order valence-corrected chi connectivity index (χ1v) is 8.01. The Morgan fingerprint density at radius 1 is 1.24 bits per heavy atom. The molecule has 0 spiro atoms. The molecule has 1 aliphatic rings. The molecule has 2 N–H and O–H groups in total. The number of amides is 2. The van der Waals surface area contributed by atoms with Crippen molar-refractivity contribution in [3.05, 3.63) is 29.3 Å². The van der Waals surface area contributed by atoms with Gasteiger partial charge in [-0.25, -0.2) is 9.69 Å². The molecule has 1 aromatic carbocycles. The van der Waals surface area contributed by atoms with E-state index in [-0.39, 0.29) is 23.7 Å². The zero-order valence-corrected chi connectivity index (χ0v) is 14.4. The Kier molecular flexibility index (Phi) is 5.13. The van der Waals surface area contributed by atoms with E-state index < -0.39 is 23.3 Å². The van der Waals surface area contributed by atoms with Crippen LogP contribution in [0.25, 0.3) is 0 Å². The lowest BCUT2D eigenvalue weighted by molar-refractivity contribution is -0.138. The lowest BCUT2D eigenvalue weighted by Gasteiger charge is -2.29. The smallest absolute Gasteiger partial charge is 0.396 e. The van der Waals surface area contributed by atoms with E-state index in [1.807, 2.05) is 0 Å². The number of aryl methyl sites for hydroxylation is 1. The fraction of sp³-hybridized carbons (Fsp3) is 0.529. The van der Waals surface area contributed by atoms with Gasteiger partial charge in [-0.3, -0.25) is 5.41 Å². The van der Waals surface area contributed by atoms with Gasteiger partial charge in [0.05, 0.1) is 16.8 Å². The summed E-state index contributed by atoms with van der Waals surface area (Å²) in [6.07, 6.45) is -3.47. The number of rotatable bonds is 5. The van der Waals surface area contributed by atoms with Crippen LogP contribution in [0.2, 0.25) is 0 Å². The zero-order chi connectivity index (χ0) is 19.0. The number of benzene rings is 1. The van der Waals surface area contributed by atoms with Gasteiger partial charge in [0.25, 0.3) is 0 Å². The third-order valence-electron chi connectivity index (χ3n) is 4.47. The fourth-order valence-corrected chi connectivity index (χ4v) is 2.91. The summed E-state index contributed by atoms with van der Waals surface area (Å²) in [4.78, 5) is 15.2. The van der Waals surface area contributed by atoms with Crippen LogP contribution >= 0.6 is 0 Å². The standard InChI is InChI=1S/C17H22F3N3O2/c1-11-6-7-12(10-13(11)17(18,19)20)23-14(21)16(2,3)22(15(23)25)8-4-5-9-24/h6-7,10,21,24H,4-5,8-9H2,1-3H3. The van der Waals surface area contributed by atoms with Gasteiger partial charge in [-0.2, -0.15) is 13.2 Å². The number of anilines is 1. The summed E-state index contributed by atoms with van der Waals surface area (Å²) in [5.74, 6) is -0.0709. The van der Waals surface area contributed by atoms with Crippen molar-refractivity contribution in [2.24, 2.45) is 0 Å². The molecular weight excluding hydrogens is 335 g/mol. The SMILES string of the molecule is Cc1ccc(N2C(=N)C(C)(C)N(CCCCO)C2=O)cc1C(F)(F)F. The van der Waals surface area contributed by atoms with Crippen LogP contribution in [0.15, 0.2) is 18.2 Å². The van der Waals surface area contributed by atoms with Gasteiger partial charge in [-0.05, 0) is 51.3 Å². The van der Waals surface area contributed by atoms with Gasteiger partial charge in [0.2, 0.25) is 0 Å². The molecule has 1 aliphatic heterocycles. The number of aliphatic hydroxyl groups is 1. The summed E-state index contributed by atoms with van der Waals surface area (Å²) in [6, 6.07) is 3.12. The maximum absolute atomic E-state index is 13.2. The molecule has 1 saturated heterocycles. The first-order valence-electron chi connectivity index (χ1n) is 8.01. The van der Waals surface area contributed by atoms with Gasteiger partial charge in [-0.1, -0.05) is 6.07 Å². The molecule has 25 heavy (non-hydrogen) atoms. The second-order valence-electron chi connectivity index (χ2n) is 6.60. The molecule has 0 radical (unpaired) electrons. The van der Waals surface area contributed by atoms with Crippen molar-refractivity contribution in [3.8, 4) is 0 Å². The van der Waals surface area contributed by atoms with E-state index in [0.717, 1.165) is 11.0 Å². The van der Waals surface area contributed by atoms with Crippen LogP contribution in [0.1, 0.15) is 37.8 Å². The van der Waals surface area contributed by atoms with E-state index in [1.165, 1.54) is 24.0 Å². The summed E-state index contributed by atoms with van der Waals surface area (Å²) in [6.45, 7) is 5.05. The van der Waals surface area contributed by atoms with E-state index in [4.69, 9.17) is 10.5 Å². The monoisotopic (exact) mass is 357 g/mol. The summed E-state index contributed by atoms with van der Waals surface area (Å²) < 4.78 is 39.5. The quantitative estimate of drug-likeness (QED) is 0.788. The third-order valence-corrected chi connectivity index (χ3v) is 4.47. The van der Waals surface area contributed by atoms with Crippen molar-refractivity contribution in [2.75, 3.05) is 18.1 Å². The van der Waals surface area contributed by atoms with Gasteiger partial charge in [0.15, 0.2) is 0 Å². The van der Waals surface area contributed by atoms with Crippen LogP contribution < -0.4 is 4.90 Å². The Balaban J connectivity index is 2.40. The molecule has 5 nitrogen and oxygen atoms in total. The number of hydrogen-bond donors (Lipinski definition) is 2.